The number of hydrogen-bond acceptors (Lipinski definition) is 3. The molecule has 0 unspecified atom stereocenters. The number of aromatic nitrogens is 4. The predicted octanol–water partition coefficient (Wildman–Crippen LogP) is 2.94. The largest absolute Gasteiger partial charge is 0.283 e. The van der Waals surface area contributed by atoms with E-state index in [1.54, 1.807) is 18.7 Å². The number of pyridine rings is 2. The zero-order valence-electron chi connectivity index (χ0n) is 10.4. The van der Waals surface area contributed by atoms with Crippen molar-refractivity contribution in [2.75, 3.05) is 0 Å². The summed E-state index contributed by atoms with van der Waals surface area (Å²) in [5.74, 6) is 1.37. The highest BCUT2D eigenvalue weighted by Gasteiger charge is 2.11. The van der Waals surface area contributed by atoms with Gasteiger partial charge in [-0.2, -0.15) is 0 Å². The fraction of sp³-hybridized carbons (Fsp3) is 0.214. The molecule has 0 aliphatic heterocycles. The Kier molecular flexibility index (Phi) is 2.55. The lowest BCUT2D eigenvalue weighted by atomic mass is 10.0. The van der Waals surface area contributed by atoms with Crippen molar-refractivity contribution < 1.29 is 0 Å². The topological polar surface area (TPSA) is 43.6 Å². The van der Waals surface area contributed by atoms with E-state index in [9.17, 15) is 0 Å². The van der Waals surface area contributed by atoms with Gasteiger partial charge in [-0.25, -0.2) is 9.97 Å². The highest BCUT2D eigenvalue weighted by atomic mass is 15.1. The Morgan fingerprint density at radius 3 is 2.83 bits per heavy atom. The minimum atomic E-state index is 0.424. The molecule has 0 aliphatic carbocycles. The summed E-state index contributed by atoms with van der Waals surface area (Å²) in [5.41, 5.74) is 3.14. The van der Waals surface area contributed by atoms with Crippen LogP contribution in [0, 0.1) is 0 Å². The van der Waals surface area contributed by atoms with Crippen molar-refractivity contribution in [3.8, 4) is 5.82 Å². The number of hydrogen-bond donors (Lipinski definition) is 0. The van der Waals surface area contributed by atoms with Crippen LogP contribution in [0.15, 0.2) is 43.1 Å². The molecule has 18 heavy (non-hydrogen) atoms. The summed E-state index contributed by atoms with van der Waals surface area (Å²) in [7, 11) is 0. The second-order valence-electron chi connectivity index (χ2n) is 4.55. The smallest absolute Gasteiger partial charge is 0.141 e. The van der Waals surface area contributed by atoms with Gasteiger partial charge in [-0.15, -0.1) is 0 Å². The van der Waals surface area contributed by atoms with Crippen molar-refractivity contribution in [2.45, 2.75) is 19.8 Å². The van der Waals surface area contributed by atoms with Crippen molar-refractivity contribution in [1.82, 2.24) is 19.5 Å². The molecule has 0 bridgehead atoms. The molecule has 4 heteroatoms. The van der Waals surface area contributed by atoms with Gasteiger partial charge in [0.1, 0.15) is 17.7 Å². The van der Waals surface area contributed by atoms with Crippen LogP contribution in [0.4, 0.5) is 0 Å². The normalized spacial score (nSPS) is 11.3. The van der Waals surface area contributed by atoms with Crippen LogP contribution in [0.1, 0.15) is 25.3 Å². The van der Waals surface area contributed by atoms with Crippen molar-refractivity contribution in [3.05, 3.63) is 48.7 Å². The van der Waals surface area contributed by atoms with Crippen molar-refractivity contribution in [3.63, 3.8) is 0 Å². The Balaban J connectivity index is 2.27. The molecule has 3 aromatic rings. The van der Waals surface area contributed by atoms with Gasteiger partial charge in [0.05, 0.1) is 11.7 Å². The van der Waals surface area contributed by atoms with E-state index in [1.807, 2.05) is 22.9 Å². The second kappa shape index (κ2) is 4.22. The van der Waals surface area contributed by atoms with Gasteiger partial charge < -0.3 is 0 Å². The zero-order valence-corrected chi connectivity index (χ0v) is 10.4. The minimum Gasteiger partial charge on any atom is -0.283 e. The fourth-order valence-corrected chi connectivity index (χ4v) is 2.09. The lowest BCUT2D eigenvalue weighted by molar-refractivity contribution is 0.833. The molecule has 0 atom stereocenters. The van der Waals surface area contributed by atoms with Crippen molar-refractivity contribution in [2.24, 2.45) is 0 Å². The van der Waals surface area contributed by atoms with Crippen LogP contribution in [0.5, 0.6) is 0 Å². The van der Waals surface area contributed by atoms with Crippen LogP contribution in [0.3, 0.4) is 0 Å². The fourth-order valence-electron chi connectivity index (χ4n) is 2.09. The molecule has 0 spiro atoms. The molecule has 3 heterocycles. The lowest BCUT2D eigenvalue weighted by Gasteiger charge is -2.12. The van der Waals surface area contributed by atoms with Crippen LogP contribution in [0.2, 0.25) is 0 Å². The summed E-state index contributed by atoms with van der Waals surface area (Å²) < 4.78 is 2.02. The first-order valence-corrected chi connectivity index (χ1v) is 5.99. The monoisotopic (exact) mass is 238 g/mol. The standard InChI is InChI=1S/C14H14N4/c1-10(2)11-4-3-6-16-14(11)18-9-17-12-8-15-7-5-13(12)18/h3-10H,1-2H3. The van der Waals surface area contributed by atoms with Gasteiger partial charge in [0, 0.05) is 12.4 Å². The van der Waals surface area contributed by atoms with Gasteiger partial charge in [-0.1, -0.05) is 19.9 Å². The second-order valence-corrected chi connectivity index (χ2v) is 4.55. The van der Waals surface area contributed by atoms with Crippen molar-refractivity contribution >= 4 is 11.0 Å². The Bertz CT molecular complexity index is 685. The van der Waals surface area contributed by atoms with E-state index in [2.05, 4.69) is 34.9 Å². The highest BCUT2D eigenvalue weighted by Crippen LogP contribution is 2.23. The van der Waals surface area contributed by atoms with Gasteiger partial charge in [0.15, 0.2) is 0 Å². The molecule has 3 aromatic heterocycles. The molecular formula is C14H14N4. The first-order valence-electron chi connectivity index (χ1n) is 5.99. The summed E-state index contributed by atoms with van der Waals surface area (Å²) in [5, 5.41) is 0. The molecule has 90 valence electrons. The Hall–Kier alpha value is -2.23. The minimum absolute atomic E-state index is 0.424. The molecule has 3 rings (SSSR count). The molecule has 0 fully saturated rings. The summed E-state index contributed by atoms with van der Waals surface area (Å²) in [6, 6.07) is 6.04. The van der Waals surface area contributed by atoms with E-state index in [4.69, 9.17) is 0 Å². The first kappa shape index (κ1) is 10.9. The van der Waals surface area contributed by atoms with E-state index in [0.717, 1.165) is 16.9 Å². The third-order valence-electron chi connectivity index (χ3n) is 3.02. The predicted molar refractivity (Wildman–Crippen MR) is 70.7 cm³/mol. The summed E-state index contributed by atoms with van der Waals surface area (Å²) in [4.78, 5) is 12.9. The third kappa shape index (κ3) is 1.66. The van der Waals surface area contributed by atoms with Gasteiger partial charge in [-0.05, 0) is 23.6 Å². The van der Waals surface area contributed by atoms with E-state index < -0.39 is 0 Å². The molecule has 0 aliphatic rings. The maximum Gasteiger partial charge on any atom is 0.141 e. The molecule has 0 radical (unpaired) electrons. The van der Waals surface area contributed by atoms with Crippen LogP contribution in [-0.2, 0) is 0 Å². The average molecular weight is 238 g/mol. The van der Waals surface area contributed by atoms with E-state index in [-0.39, 0.29) is 0 Å². The molecule has 0 aromatic carbocycles. The number of nitrogens with zero attached hydrogens (tertiary/aromatic N) is 4. The molecule has 0 saturated carbocycles. The molecule has 0 amide bonds. The lowest BCUT2D eigenvalue weighted by Crippen LogP contribution is -2.02. The number of fused-ring (bicyclic) bond motifs is 1. The first-order chi connectivity index (χ1) is 8.77. The Labute approximate surface area is 105 Å². The van der Waals surface area contributed by atoms with Gasteiger partial charge in [0.2, 0.25) is 0 Å². The van der Waals surface area contributed by atoms with E-state index in [0.29, 0.717) is 5.92 Å². The summed E-state index contributed by atoms with van der Waals surface area (Å²) in [6.07, 6.45) is 7.16. The highest BCUT2D eigenvalue weighted by molar-refractivity contribution is 5.75. The Morgan fingerprint density at radius 1 is 1.11 bits per heavy atom. The molecular weight excluding hydrogens is 224 g/mol. The van der Waals surface area contributed by atoms with Gasteiger partial charge >= 0.3 is 0 Å². The van der Waals surface area contributed by atoms with Crippen LogP contribution >= 0.6 is 0 Å². The Morgan fingerprint density at radius 2 is 2.00 bits per heavy atom. The quantitative estimate of drug-likeness (QED) is 0.689. The zero-order chi connectivity index (χ0) is 12.5. The summed E-state index contributed by atoms with van der Waals surface area (Å²) in [6.45, 7) is 4.34. The molecule has 4 nitrogen and oxygen atoms in total. The number of imidazole rings is 1. The maximum atomic E-state index is 4.50. The van der Waals surface area contributed by atoms with Crippen LogP contribution < -0.4 is 0 Å². The van der Waals surface area contributed by atoms with Gasteiger partial charge in [0.25, 0.3) is 0 Å². The van der Waals surface area contributed by atoms with Crippen LogP contribution in [0.25, 0.3) is 16.9 Å². The van der Waals surface area contributed by atoms with Crippen LogP contribution in [-0.4, -0.2) is 19.5 Å². The third-order valence-corrected chi connectivity index (χ3v) is 3.02. The maximum absolute atomic E-state index is 4.50. The number of rotatable bonds is 2. The summed E-state index contributed by atoms with van der Waals surface area (Å²) >= 11 is 0. The van der Waals surface area contributed by atoms with E-state index in [1.165, 1.54) is 5.56 Å². The molecule has 0 saturated heterocycles. The average Bonchev–Trinajstić information content (AvgIpc) is 2.82. The van der Waals surface area contributed by atoms with Crippen molar-refractivity contribution in [1.29, 1.82) is 0 Å². The van der Waals surface area contributed by atoms with Gasteiger partial charge in [-0.3, -0.25) is 9.55 Å². The molecule has 0 N–H and O–H groups in total. The SMILES string of the molecule is CC(C)c1cccnc1-n1cnc2cnccc21. The van der Waals surface area contributed by atoms with E-state index >= 15 is 0 Å².